The van der Waals surface area contributed by atoms with Crippen molar-refractivity contribution in [3.8, 4) is 0 Å². The number of imidazole rings is 1. The van der Waals surface area contributed by atoms with Gasteiger partial charge in [0.2, 0.25) is 5.91 Å². The highest BCUT2D eigenvalue weighted by Gasteiger charge is 2.29. The summed E-state index contributed by atoms with van der Waals surface area (Å²) in [5, 5.41) is 3.21. The van der Waals surface area contributed by atoms with E-state index in [4.69, 9.17) is 0 Å². The van der Waals surface area contributed by atoms with Crippen molar-refractivity contribution in [2.75, 3.05) is 26.2 Å². The van der Waals surface area contributed by atoms with Gasteiger partial charge in [-0.2, -0.15) is 0 Å². The smallest absolute Gasteiger partial charge is 0.260 e. The van der Waals surface area contributed by atoms with E-state index in [9.17, 15) is 13.2 Å². The van der Waals surface area contributed by atoms with Gasteiger partial charge in [0.25, 0.3) is 10.0 Å². The van der Waals surface area contributed by atoms with Crippen LogP contribution in [0.15, 0.2) is 41.8 Å². The average molecular weight is 391 g/mol. The molecule has 1 aliphatic heterocycles. The number of nitrogens with zero attached hydrogens (tertiary/aromatic N) is 3. The Morgan fingerprint density at radius 3 is 2.70 bits per heavy atom. The van der Waals surface area contributed by atoms with Crippen LogP contribution in [0.1, 0.15) is 24.1 Å². The van der Waals surface area contributed by atoms with Gasteiger partial charge < -0.3 is 14.8 Å². The van der Waals surface area contributed by atoms with Gasteiger partial charge in [-0.3, -0.25) is 4.79 Å². The summed E-state index contributed by atoms with van der Waals surface area (Å²) in [4.78, 5) is 18.3. The standard InChI is InChI=1S/C18H25N5O3S/c1-3-14-4-6-15(7-5-14)16-10-19-8-9-23(16)18(24)11-21-27(25,26)17-12-22(2)13-20-17/h4-7,12-13,16,19,21H,3,8-11H2,1-2H3. The normalized spacial score (nSPS) is 17.9. The molecule has 1 atom stereocenters. The van der Waals surface area contributed by atoms with Crippen LogP contribution in [-0.2, 0) is 28.3 Å². The number of hydrogen-bond donors (Lipinski definition) is 2. The fourth-order valence-electron chi connectivity index (χ4n) is 3.14. The lowest BCUT2D eigenvalue weighted by Gasteiger charge is -2.36. The van der Waals surface area contributed by atoms with Crippen molar-refractivity contribution in [3.05, 3.63) is 47.9 Å². The SMILES string of the molecule is CCc1ccc(C2CNCCN2C(=O)CNS(=O)(=O)c2cn(C)cn2)cc1. The highest BCUT2D eigenvalue weighted by molar-refractivity contribution is 7.89. The molecule has 2 N–H and O–H groups in total. The third kappa shape index (κ3) is 4.55. The summed E-state index contributed by atoms with van der Waals surface area (Å²) < 4.78 is 28.5. The highest BCUT2D eigenvalue weighted by Crippen LogP contribution is 2.23. The molecule has 1 aromatic heterocycles. The molecular formula is C18H25N5O3S. The second-order valence-corrected chi connectivity index (χ2v) is 8.32. The predicted octanol–water partition coefficient (Wildman–Crippen LogP) is 0.434. The number of carbonyl (C=O) groups is 1. The number of hydrogen-bond acceptors (Lipinski definition) is 5. The number of benzene rings is 1. The number of aromatic nitrogens is 2. The number of carbonyl (C=O) groups excluding carboxylic acids is 1. The number of piperazine rings is 1. The molecule has 1 amide bonds. The molecule has 27 heavy (non-hydrogen) atoms. The minimum atomic E-state index is -3.81. The zero-order valence-electron chi connectivity index (χ0n) is 15.6. The van der Waals surface area contributed by atoms with Crippen LogP contribution in [0.4, 0.5) is 0 Å². The van der Waals surface area contributed by atoms with Crippen LogP contribution >= 0.6 is 0 Å². The number of rotatable bonds is 6. The van der Waals surface area contributed by atoms with E-state index in [1.807, 2.05) is 12.1 Å². The van der Waals surface area contributed by atoms with Crippen LogP contribution in [0.5, 0.6) is 0 Å². The van der Waals surface area contributed by atoms with Gasteiger partial charge in [0.15, 0.2) is 5.03 Å². The number of amides is 1. The fourth-order valence-corrected chi connectivity index (χ4v) is 4.09. The van der Waals surface area contributed by atoms with Crippen LogP contribution < -0.4 is 10.0 Å². The van der Waals surface area contributed by atoms with E-state index in [-0.39, 0.29) is 23.5 Å². The number of nitrogens with one attached hydrogen (secondary N) is 2. The molecule has 9 heteroatoms. The zero-order chi connectivity index (χ0) is 19.4. The number of sulfonamides is 1. The first-order valence-corrected chi connectivity index (χ1v) is 10.5. The van der Waals surface area contributed by atoms with Gasteiger partial charge in [0.05, 0.1) is 18.9 Å². The van der Waals surface area contributed by atoms with E-state index in [2.05, 4.69) is 34.1 Å². The van der Waals surface area contributed by atoms with Crippen molar-refractivity contribution >= 4 is 15.9 Å². The Labute approximate surface area is 159 Å². The third-order valence-electron chi connectivity index (χ3n) is 4.71. The van der Waals surface area contributed by atoms with Crippen LogP contribution in [0.3, 0.4) is 0 Å². The molecule has 0 radical (unpaired) electrons. The summed E-state index contributed by atoms with van der Waals surface area (Å²) in [7, 11) is -2.12. The van der Waals surface area contributed by atoms with Gasteiger partial charge in [0, 0.05) is 32.9 Å². The molecular weight excluding hydrogens is 366 g/mol. The second-order valence-electron chi connectivity index (χ2n) is 6.60. The van der Waals surface area contributed by atoms with Crippen LogP contribution in [-0.4, -0.2) is 55.0 Å². The third-order valence-corrected chi connectivity index (χ3v) is 5.99. The molecule has 1 aromatic carbocycles. The molecule has 0 aliphatic carbocycles. The summed E-state index contributed by atoms with van der Waals surface area (Å²) in [6, 6.07) is 8.09. The first-order valence-electron chi connectivity index (χ1n) is 8.97. The maximum absolute atomic E-state index is 12.7. The molecule has 3 rings (SSSR count). The van der Waals surface area contributed by atoms with E-state index in [1.54, 1.807) is 16.5 Å². The average Bonchev–Trinajstić information content (AvgIpc) is 3.13. The first-order chi connectivity index (χ1) is 12.9. The summed E-state index contributed by atoms with van der Waals surface area (Å²) in [6.45, 7) is 3.67. The Morgan fingerprint density at radius 2 is 2.07 bits per heavy atom. The molecule has 0 saturated carbocycles. The summed E-state index contributed by atoms with van der Waals surface area (Å²) in [5.74, 6) is -0.249. The van der Waals surface area contributed by atoms with Gasteiger partial charge in [-0.05, 0) is 17.5 Å². The van der Waals surface area contributed by atoms with E-state index in [0.717, 1.165) is 12.0 Å². The maximum Gasteiger partial charge on any atom is 0.260 e. The largest absolute Gasteiger partial charge is 0.339 e. The first kappa shape index (κ1) is 19.5. The van der Waals surface area contributed by atoms with Gasteiger partial charge in [0.1, 0.15) is 0 Å². The van der Waals surface area contributed by atoms with Crippen molar-refractivity contribution in [2.45, 2.75) is 24.4 Å². The molecule has 1 saturated heterocycles. The topological polar surface area (TPSA) is 96.3 Å². The Hall–Kier alpha value is -2.23. The molecule has 8 nitrogen and oxygen atoms in total. The van der Waals surface area contributed by atoms with E-state index >= 15 is 0 Å². The van der Waals surface area contributed by atoms with E-state index < -0.39 is 10.0 Å². The molecule has 0 spiro atoms. The van der Waals surface area contributed by atoms with Crippen molar-refractivity contribution < 1.29 is 13.2 Å². The Bertz CT molecular complexity index is 892. The van der Waals surface area contributed by atoms with Crippen molar-refractivity contribution in [1.29, 1.82) is 0 Å². The second kappa shape index (κ2) is 8.20. The summed E-state index contributed by atoms with van der Waals surface area (Å²) >= 11 is 0. The predicted molar refractivity (Wildman–Crippen MR) is 102 cm³/mol. The van der Waals surface area contributed by atoms with Gasteiger partial charge in [-0.15, -0.1) is 0 Å². The quantitative estimate of drug-likeness (QED) is 0.745. The lowest BCUT2D eigenvalue weighted by Crippen LogP contribution is -2.51. The Kier molecular flexibility index (Phi) is 5.93. The van der Waals surface area contributed by atoms with Crippen molar-refractivity contribution in [1.82, 2.24) is 24.5 Å². The Morgan fingerprint density at radius 1 is 1.33 bits per heavy atom. The molecule has 1 aliphatic rings. The van der Waals surface area contributed by atoms with Gasteiger partial charge in [-0.1, -0.05) is 31.2 Å². The van der Waals surface area contributed by atoms with Crippen molar-refractivity contribution in [2.24, 2.45) is 7.05 Å². The summed E-state index contributed by atoms with van der Waals surface area (Å²) in [5.41, 5.74) is 2.28. The monoisotopic (exact) mass is 391 g/mol. The zero-order valence-corrected chi connectivity index (χ0v) is 16.4. The van der Waals surface area contributed by atoms with Crippen LogP contribution in [0.25, 0.3) is 0 Å². The number of aryl methyl sites for hydroxylation is 2. The minimum Gasteiger partial charge on any atom is -0.339 e. The molecule has 2 heterocycles. The maximum atomic E-state index is 12.7. The lowest BCUT2D eigenvalue weighted by atomic mass is 10.0. The van der Waals surface area contributed by atoms with Crippen LogP contribution in [0, 0.1) is 0 Å². The fraction of sp³-hybridized carbons (Fsp3) is 0.444. The summed E-state index contributed by atoms with van der Waals surface area (Å²) in [6.07, 6.45) is 3.76. The van der Waals surface area contributed by atoms with Crippen LogP contribution in [0.2, 0.25) is 0 Å². The molecule has 1 fully saturated rings. The van der Waals surface area contributed by atoms with E-state index in [1.165, 1.54) is 18.1 Å². The molecule has 0 bridgehead atoms. The lowest BCUT2D eigenvalue weighted by molar-refractivity contribution is -0.133. The molecule has 1 unspecified atom stereocenters. The molecule has 146 valence electrons. The highest BCUT2D eigenvalue weighted by atomic mass is 32.2. The van der Waals surface area contributed by atoms with Crippen molar-refractivity contribution in [3.63, 3.8) is 0 Å². The van der Waals surface area contributed by atoms with E-state index in [0.29, 0.717) is 19.6 Å². The minimum absolute atomic E-state index is 0.0928. The van der Waals surface area contributed by atoms with Gasteiger partial charge in [-0.25, -0.2) is 18.1 Å². The molecule has 2 aromatic rings. The Balaban J connectivity index is 1.69. The van der Waals surface area contributed by atoms with Gasteiger partial charge >= 0.3 is 0 Å².